The number of nitrogens with two attached hydrogens (primary N) is 1. The van der Waals surface area contributed by atoms with Crippen molar-refractivity contribution in [2.45, 2.75) is 32.5 Å². The number of carbonyl (C=O) groups excluding carboxylic acids is 1. The zero-order valence-electron chi connectivity index (χ0n) is 20.0. The number of anilines is 2. The lowest BCUT2D eigenvalue weighted by Crippen LogP contribution is -2.26. The first-order chi connectivity index (χ1) is 17.8. The molecule has 3 heterocycles. The molecular formula is C25H25F3N8O. The molecule has 9 nitrogen and oxygen atoms in total. The molecule has 0 unspecified atom stereocenters. The molecule has 3 aromatic heterocycles. The van der Waals surface area contributed by atoms with E-state index >= 15 is 0 Å². The lowest BCUT2D eigenvalue weighted by atomic mass is 10.0. The van der Waals surface area contributed by atoms with Gasteiger partial charge in [-0.15, -0.1) is 6.42 Å². The number of alkyl halides is 3. The van der Waals surface area contributed by atoms with Gasteiger partial charge in [0.1, 0.15) is 6.54 Å². The smallest absolute Gasteiger partial charge is 0.352 e. The molecule has 1 amide bonds. The standard InChI is InChI=1S/C25H25F3N8O/c1-3-11-35-15-19(21(34-35)25(26,27)28)20-14-32-23-22(30-10-12-36(20)23)33-17-6-7-18(16(4-2)13-17)24(37)31-9-5-8-29/h1,6-7,10,12-15H,4-5,8-9,11,29H2,2H3,(H,30,33)(H,31,37). The predicted octanol–water partition coefficient (Wildman–Crippen LogP) is 3.63. The Kier molecular flexibility index (Phi) is 7.45. The van der Waals surface area contributed by atoms with Crippen LogP contribution in [0.15, 0.2) is 43.0 Å². The van der Waals surface area contributed by atoms with Gasteiger partial charge in [0.2, 0.25) is 0 Å². The van der Waals surface area contributed by atoms with E-state index in [-0.39, 0.29) is 23.7 Å². The van der Waals surface area contributed by atoms with Gasteiger partial charge in [-0.2, -0.15) is 18.3 Å². The molecule has 1 aromatic carbocycles. The Hall–Kier alpha value is -4.37. The van der Waals surface area contributed by atoms with Gasteiger partial charge in [-0.1, -0.05) is 12.8 Å². The minimum Gasteiger partial charge on any atom is -0.352 e. The van der Waals surface area contributed by atoms with Crippen molar-refractivity contribution in [3.05, 3.63) is 59.8 Å². The Morgan fingerprint density at radius 3 is 2.78 bits per heavy atom. The minimum absolute atomic E-state index is 0.102. The normalized spacial score (nSPS) is 11.5. The second-order valence-corrected chi connectivity index (χ2v) is 8.15. The van der Waals surface area contributed by atoms with E-state index in [1.54, 1.807) is 12.1 Å². The number of carbonyl (C=O) groups is 1. The van der Waals surface area contributed by atoms with Crippen molar-refractivity contribution >= 4 is 23.1 Å². The van der Waals surface area contributed by atoms with Crippen LogP contribution in [0.5, 0.6) is 0 Å². The van der Waals surface area contributed by atoms with E-state index in [0.29, 0.717) is 48.6 Å². The van der Waals surface area contributed by atoms with Crippen LogP contribution in [-0.2, 0) is 19.1 Å². The number of nitrogens with zero attached hydrogens (tertiary/aromatic N) is 5. The van der Waals surface area contributed by atoms with Crippen LogP contribution in [0.2, 0.25) is 0 Å². The van der Waals surface area contributed by atoms with Crippen LogP contribution in [0.4, 0.5) is 24.7 Å². The van der Waals surface area contributed by atoms with Gasteiger partial charge in [-0.3, -0.25) is 13.9 Å². The average molecular weight is 511 g/mol. The number of terminal acetylenes is 1. The second kappa shape index (κ2) is 10.7. The van der Waals surface area contributed by atoms with Crippen molar-refractivity contribution in [2.24, 2.45) is 5.73 Å². The molecular weight excluding hydrogens is 485 g/mol. The first-order valence-corrected chi connectivity index (χ1v) is 11.6. The zero-order chi connectivity index (χ0) is 26.6. The Labute approximate surface area is 210 Å². The summed E-state index contributed by atoms with van der Waals surface area (Å²) in [4.78, 5) is 21.2. The van der Waals surface area contributed by atoms with Gasteiger partial charge < -0.3 is 16.4 Å². The van der Waals surface area contributed by atoms with Gasteiger partial charge in [0.05, 0.1) is 17.5 Å². The fourth-order valence-corrected chi connectivity index (χ4v) is 3.92. The molecule has 4 aromatic rings. The number of imidazole rings is 1. The zero-order valence-corrected chi connectivity index (χ0v) is 20.0. The van der Waals surface area contributed by atoms with E-state index in [9.17, 15) is 18.0 Å². The second-order valence-electron chi connectivity index (χ2n) is 8.15. The summed E-state index contributed by atoms with van der Waals surface area (Å²) >= 11 is 0. The number of benzene rings is 1. The van der Waals surface area contributed by atoms with Crippen molar-refractivity contribution in [3.63, 3.8) is 0 Å². The summed E-state index contributed by atoms with van der Waals surface area (Å²) in [6, 6.07) is 5.28. The fourth-order valence-electron chi connectivity index (χ4n) is 3.92. The van der Waals surface area contributed by atoms with Crippen molar-refractivity contribution in [3.8, 4) is 23.6 Å². The highest BCUT2D eigenvalue weighted by Crippen LogP contribution is 2.37. The van der Waals surface area contributed by atoms with Crippen LogP contribution in [0.1, 0.15) is 35.0 Å². The number of aryl methyl sites for hydroxylation is 1. The molecule has 4 rings (SSSR count). The Morgan fingerprint density at radius 2 is 2.08 bits per heavy atom. The van der Waals surface area contributed by atoms with Gasteiger partial charge >= 0.3 is 6.18 Å². The molecule has 0 saturated carbocycles. The number of hydrogen-bond donors (Lipinski definition) is 3. The summed E-state index contributed by atoms with van der Waals surface area (Å²) in [5.74, 6) is 2.44. The maximum atomic E-state index is 13.7. The Bertz CT molecular complexity index is 1470. The van der Waals surface area contributed by atoms with E-state index in [4.69, 9.17) is 12.2 Å². The lowest BCUT2D eigenvalue weighted by molar-refractivity contribution is -0.141. The molecule has 192 valence electrons. The maximum absolute atomic E-state index is 13.7. The van der Waals surface area contributed by atoms with Gasteiger partial charge in [-0.25, -0.2) is 9.97 Å². The highest BCUT2D eigenvalue weighted by atomic mass is 19.4. The van der Waals surface area contributed by atoms with Gasteiger partial charge in [0.25, 0.3) is 5.91 Å². The molecule has 0 radical (unpaired) electrons. The number of aromatic nitrogens is 5. The topological polar surface area (TPSA) is 115 Å². The van der Waals surface area contributed by atoms with E-state index < -0.39 is 11.9 Å². The van der Waals surface area contributed by atoms with Crippen LogP contribution in [0.25, 0.3) is 16.9 Å². The summed E-state index contributed by atoms with van der Waals surface area (Å²) in [5.41, 5.74) is 6.82. The van der Waals surface area contributed by atoms with E-state index in [1.807, 2.05) is 13.0 Å². The SMILES string of the molecule is C#CCn1cc(-c2cnc3c(Nc4ccc(C(=O)NCCCN)c(CC)c4)nccn23)c(C(F)(F)F)n1. The third-order valence-electron chi connectivity index (χ3n) is 5.65. The van der Waals surface area contributed by atoms with Crippen LogP contribution in [0.3, 0.4) is 0 Å². The largest absolute Gasteiger partial charge is 0.435 e. The molecule has 0 atom stereocenters. The first kappa shape index (κ1) is 25.7. The molecule has 0 aliphatic heterocycles. The van der Waals surface area contributed by atoms with Crippen LogP contribution >= 0.6 is 0 Å². The average Bonchev–Trinajstić information content (AvgIpc) is 3.49. The van der Waals surface area contributed by atoms with Crippen LogP contribution < -0.4 is 16.4 Å². The monoisotopic (exact) mass is 510 g/mol. The molecule has 0 spiro atoms. The molecule has 0 fully saturated rings. The van der Waals surface area contributed by atoms with Crippen molar-refractivity contribution in [2.75, 3.05) is 18.4 Å². The van der Waals surface area contributed by atoms with Crippen molar-refractivity contribution < 1.29 is 18.0 Å². The van der Waals surface area contributed by atoms with Crippen LogP contribution in [0, 0.1) is 12.3 Å². The number of fused-ring (bicyclic) bond motifs is 1. The highest BCUT2D eigenvalue weighted by molar-refractivity contribution is 5.96. The van der Waals surface area contributed by atoms with Crippen molar-refractivity contribution in [1.82, 2.24) is 29.5 Å². The predicted molar refractivity (Wildman–Crippen MR) is 133 cm³/mol. The molecule has 0 aliphatic rings. The number of halogens is 3. The third kappa shape index (κ3) is 5.41. The minimum atomic E-state index is -4.68. The van der Waals surface area contributed by atoms with E-state index in [0.717, 1.165) is 10.2 Å². The summed E-state index contributed by atoms with van der Waals surface area (Å²) < 4.78 is 43.6. The molecule has 0 aliphatic carbocycles. The van der Waals surface area contributed by atoms with Crippen molar-refractivity contribution in [1.29, 1.82) is 0 Å². The molecule has 0 bridgehead atoms. The maximum Gasteiger partial charge on any atom is 0.435 e. The summed E-state index contributed by atoms with van der Waals surface area (Å²) in [7, 11) is 0. The lowest BCUT2D eigenvalue weighted by Gasteiger charge is -2.13. The Morgan fingerprint density at radius 1 is 1.27 bits per heavy atom. The first-order valence-electron chi connectivity index (χ1n) is 11.6. The van der Waals surface area contributed by atoms with Gasteiger partial charge in [0.15, 0.2) is 17.2 Å². The van der Waals surface area contributed by atoms with Gasteiger partial charge in [-0.05, 0) is 43.1 Å². The molecule has 4 N–H and O–H groups in total. The summed E-state index contributed by atoms with van der Waals surface area (Å²) in [6.45, 7) is 2.82. The summed E-state index contributed by atoms with van der Waals surface area (Å²) in [5, 5.41) is 9.64. The molecule has 37 heavy (non-hydrogen) atoms. The number of rotatable bonds is 9. The van der Waals surface area contributed by atoms with E-state index in [1.165, 1.54) is 29.2 Å². The highest BCUT2D eigenvalue weighted by Gasteiger charge is 2.38. The third-order valence-corrected chi connectivity index (χ3v) is 5.65. The van der Waals surface area contributed by atoms with Crippen LogP contribution in [-0.4, -0.2) is 43.1 Å². The van der Waals surface area contributed by atoms with E-state index in [2.05, 4.69) is 31.6 Å². The number of hydrogen-bond acceptors (Lipinski definition) is 6. The number of nitrogens with one attached hydrogen (secondary N) is 2. The number of amides is 1. The molecule has 12 heteroatoms. The summed E-state index contributed by atoms with van der Waals surface area (Å²) in [6.07, 6.45) is 7.44. The Balaban J connectivity index is 1.67. The molecule has 0 saturated heterocycles. The quantitative estimate of drug-likeness (QED) is 0.234. The van der Waals surface area contributed by atoms with Gasteiger partial charge in [0, 0.05) is 36.4 Å². The fraction of sp³-hybridized carbons (Fsp3) is 0.280.